The number of amides is 1. The van der Waals surface area contributed by atoms with Gasteiger partial charge in [0.25, 0.3) is 5.22 Å². The Morgan fingerprint density at radius 2 is 2.00 bits per heavy atom. The van der Waals surface area contributed by atoms with E-state index in [1.54, 1.807) is 6.92 Å². The number of hydrogen-bond donors (Lipinski definition) is 1. The third-order valence-electron chi connectivity index (χ3n) is 3.48. The summed E-state index contributed by atoms with van der Waals surface area (Å²) in [5.41, 5.74) is 0.168. The van der Waals surface area contributed by atoms with Crippen molar-refractivity contribution < 1.29 is 18.5 Å². The topological polar surface area (TPSA) is 111 Å². The number of carbonyl (C=O) groups excluding carboxylic acids is 1. The predicted molar refractivity (Wildman–Crippen MR) is 96.7 cm³/mol. The van der Waals surface area contributed by atoms with Gasteiger partial charge in [-0.05, 0) is 31.2 Å². The summed E-state index contributed by atoms with van der Waals surface area (Å²) < 4.78 is 18.9. The molecule has 3 aromatic rings. The molecule has 1 N–H and O–H groups in total. The van der Waals surface area contributed by atoms with Crippen LogP contribution in [0.2, 0.25) is 0 Å². The minimum absolute atomic E-state index is 0.121. The third kappa shape index (κ3) is 4.47. The van der Waals surface area contributed by atoms with E-state index < -0.39 is 27.6 Å². The monoisotopic (exact) mass is 388 g/mol. The van der Waals surface area contributed by atoms with E-state index in [2.05, 4.69) is 15.5 Å². The molecule has 8 nitrogen and oxygen atoms in total. The second-order valence-electron chi connectivity index (χ2n) is 5.41. The van der Waals surface area contributed by atoms with Crippen LogP contribution >= 0.6 is 11.8 Å². The van der Waals surface area contributed by atoms with E-state index >= 15 is 0 Å². The Morgan fingerprint density at radius 1 is 1.26 bits per heavy atom. The molecule has 0 radical (unpaired) electrons. The smallest absolute Gasteiger partial charge is 0.306 e. The molecular weight excluding hydrogens is 375 g/mol. The molecule has 0 bridgehead atoms. The van der Waals surface area contributed by atoms with Gasteiger partial charge in [0, 0.05) is 17.3 Å². The SMILES string of the molecule is C[C@@H](Sc1nnc(-c2ccccc2)o1)C(=O)Nc1ccc(F)c([N+](=O)[O-])c1. The fourth-order valence-electron chi connectivity index (χ4n) is 2.13. The first-order chi connectivity index (χ1) is 12.9. The molecule has 1 atom stereocenters. The molecule has 3 rings (SSSR count). The first kappa shape index (κ1) is 18.5. The Labute approximate surface area is 156 Å². The molecule has 0 spiro atoms. The number of hydrogen-bond acceptors (Lipinski definition) is 7. The van der Waals surface area contributed by atoms with Crippen LogP contribution in [0.4, 0.5) is 15.8 Å². The molecular formula is C17H13FN4O4S. The molecule has 10 heteroatoms. The lowest BCUT2D eigenvalue weighted by Crippen LogP contribution is -2.22. The average molecular weight is 388 g/mol. The van der Waals surface area contributed by atoms with Crippen LogP contribution in [0.3, 0.4) is 0 Å². The maximum Gasteiger partial charge on any atom is 0.306 e. The summed E-state index contributed by atoms with van der Waals surface area (Å²) in [6.07, 6.45) is 0. The Morgan fingerprint density at radius 3 is 2.70 bits per heavy atom. The van der Waals surface area contributed by atoms with Gasteiger partial charge in [0.15, 0.2) is 0 Å². The van der Waals surface area contributed by atoms with E-state index in [1.165, 1.54) is 6.07 Å². The average Bonchev–Trinajstić information content (AvgIpc) is 3.12. The first-order valence-electron chi connectivity index (χ1n) is 7.74. The highest BCUT2D eigenvalue weighted by molar-refractivity contribution is 8.00. The number of nitrogens with zero attached hydrogens (tertiary/aromatic N) is 3. The molecule has 138 valence electrons. The summed E-state index contributed by atoms with van der Waals surface area (Å²) in [4.78, 5) is 22.2. The predicted octanol–water partition coefficient (Wildman–Crippen LogP) is 3.90. The number of anilines is 1. The molecule has 0 aliphatic heterocycles. The normalized spacial score (nSPS) is 11.8. The summed E-state index contributed by atoms with van der Waals surface area (Å²) in [5.74, 6) is -1.08. The number of rotatable bonds is 6. The van der Waals surface area contributed by atoms with Crippen molar-refractivity contribution in [3.8, 4) is 11.5 Å². The molecule has 0 saturated heterocycles. The number of halogens is 1. The molecule has 1 amide bonds. The van der Waals surface area contributed by atoms with E-state index in [-0.39, 0.29) is 10.9 Å². The van der Waals surface area contributed by atoms with Gasteiger partial charge < -0.3 is 9.73 Å². The number of benzene rings is 2. The number of nitro groups is 1. The molecule has 1 heterocycles. The van der Waals surface area contributed by atoms with Crippen LogP contribution in [0.25, 0.3) is 11.5 Å². The third-order valence-corrected chi connectivity index (χ3v) is 4.42. The van der Waals surface area contributed by atoms with Gasteiger partial charge in [-0.3, -0.25) is 14.9 Å². The molecule has 2 aromatic carbocycles. The van der Waals surface area contributed by atoms with Crippen LogP contribution in [-0.2, 0) is 4.79 Å². The lowest BCUT2D eigenvalue weighted by atomic mass is 10.2. The zero-order chi connectivity index (χ0) is 19.4. The second kappa shape index (κ2) is 7.96. The van der Waals surface area contributed by atoms with Crippen LogP contribution in [0.15, 0.2) is 58.2 Å². The van der Waals surface area contributed by atoms with Crippen molar-refractivity contribution in [1.29, 1.82) is 0 Å². The number of thioether (sulfide) groups is 1. The minimum Gasteiger partial charge on any atom is -0.411 e. The molecule has 0 saturated carbocycles. The van der Waals surface area contributed by atoms with Crippen molar-refractivity contribution >= 4 is 29.0 Å². The summed E-state index contributed by atoms with van der Waals surface area (Å²) in [7, 11) is 0. The van der Waals surface area contributed by atoms with E-state index in [0.29, 0.717) is 5.89 Å². The number of aromatic nitrogens is 2. The molecule has 0 unspecified atom stereocenters. The Hall–Kier alpha value is -3.27. The first-order valence-corrected chi connectivity index (χ1v) is 8.62. The summed E-state index contributed by atoms with van der Waals surface area (Å²) in [5, 5.41) is 20.7. The molecule has 0 aliphatic rings. The van der Waals surface area contributed by atoms with Crippen molar-refractivity contribution in [3.05, 3.63) is 64.5 Å². The van der Waals surface area contributed by atoms with Crippen LogP contribution in [-0.4, -0.2) is 26.3 Å². The highest BCUT2D eigenvalue weighted by atomic mass is 32.2. The van der Waals surface area contributed by atoms with Gasteiger partial charge in [0.1, 0.15) is 0 Å². The lowest BCUT2D eigenvalue weighted by molar-refractivity contribution is -0.387. The van der Waals surface area contributed by atoms with Crippen molar-refractivity contribution in [2.75, 3.05) is 5.32 Å². The standard InChI is InChI=1S/C17H13FN4O4S/c1-10(15(23)19-12-7-8-13(18)14(9-12)22(24)25)27-17-21-20-16(26-17)11-5-3-2-4-6-11/h2-10H,1H3,(H,19,23)/t10-/m1/s1. The molecule has 1 aromatic heterocycles. The van der Waals surface area contributed by atoms with Crippen molar-refractivity contribution in [2.45, 2.75) is 17.4 Å². The van der Waals surface area contributed by atoms with Gasteiger partial charge in [-0.2, -0.15) is 4.39 Å². The van der Waals surface area contributed by atoms with Crippen molar-refractivity contribution in [2.24, 2.45) is 0 Å². The maximum atomic E-state index is 13.4. The zero-order valence-corrected chi connectivity index (χ0v) is 14.8. The number of nitro benzene ring substituents is 1. The Kier molecular flexibility index (Phi) is 5.46. The zero-order valence-electron chi connectivity index (χ0n) is 14.0. The van der Waals surface area contributed by atoms with Crippen LogP contribution < -0.4 is 5.32 Å². The fourth-order valence-corrected chi connectivity index (χ4v) is 2.82. The molecule has 0 fully saturated rings. The lowest BCUT2D eigenvalue weighted by Gasteiger charge is -2.09. The van der Waals surface area contributed by atoms with Gasteiger partial charge in [0.2, 0.25) is 17.6 Å². The van der Waals surface area contributed by atoms with Crippen molar-refractivity contribution in [1.82, 2.24) is 10.2 Å². The van der Waals surface area contributed by atoms with Gasteiger partial charge in [-0.1, -0.05) is 30.0 Å². The number of nitrogens with one attached hydrogen (secondary N) is 1. The summed E-state index contributed by atoms with van der Waals surface area (Å²) >= 11 is 1.04. The van der Waals surface area contributed by atoms with Crippen molar-refractivity contribution in [3.63, 3.8) is 0 Å². The van der Waals surface area contributed by atoms with Gasteiger partial charge in [-0.25, -0.2) is 0 Å². The van der Waals surface area contributed by atoms with Gasteiger partial charge in [0.05, 0.1) is 10.2 Å². The van der Waals surface area contributed by atoms with Crippen LogP contribution in [0.1, 0.15) is 6.92 Å². The fraction of sp³-hybridized carbons (Fsp3) is 0.118. The summed E-state index contributed by atoms with van der Waals surface area (Å²) in [6.45, 7) is 1.62. The second-order valence-corrected chi connectivity index (χ2v) is 6.70. The van der Waals surface area contributed by atoms with E-state index in [9.17, 15) is 19.3 Å². The summed E-state index contributed by atoms with van der Waals surface area (Å²) in [6, 6.07) is 12.3. The number of carbonyl (C=O) groups is 1. The van der Waals surface area contributed by atoms with Gasteiger partial charge in [-0.15, -0.1) is 10.2 Å². The quantitative estimate of drug-likeness (QED) is 0.387. The van der Waals surface area contributed by atoms with E-state index in [1.807, 2.05) is 30.3 Å². The largest absolute Gasteiger partial charge is 0.411 e. The van der Waals surface area contributed by atoms with Gasteiger partial charge >= 0.3 is 5.69 Å². The highest BCUT2D eigenvalue weighted by Crippen LogP contribution is 2.27. The molecule has 27 heavy (non-hydrogen) atoms. The Bertz CT molecular complexity index is 980. The van der Waals surface area contributed by atoms with E-state index in [0.717, 1.165) is 29.5 Å². The minimum atomic E-state index is -0.972. The van der Waals surface area contributed by atoms with Crippen LogP contribution in [0, 0.1) is 15.9 Å². The maximum absolute atomic E-state index is 13.4. The van der Waals surface area contributed by atoms with E-state index in [4.69, 9.17) is 4.42 Å². The Balaban J connectivity index is 1.65. The molecule has 0 aliphatic carbocycles. The highest BCUT2D eigenvalue weighted by Gasteiger charge is 2.21. The van der Waals surface area contributed by atoms with Crippen LogP contribution in [0.5, 0.6) is 0 Å².